The molecule has 2 aromatic carbocycles. The van der Waals surface area contributed by atoms with E-state index in [4.69, 9.17) is 32.9 Å². The molecule has 0 radical (unpaired) electrons. The highest BCUT2D eigenvalue weighted by molar-refractivity contribution is 8.18. The molecule has 37 heavy (non-hydrogen) atoms. The summed E-state index contributed by atoms with van der Waals surface area (Å²) in [4.78, 5) is 36.1. The van der Waals surface area contributed by atoms with Crippen LogP contribution in [0.2, 0.25) is 10.0 Å². The quantitative estimate of drug-likeness (QED) is 0.586. The van der Waals surface area contributed by atoms with E-state index in [1.165, 1.54) is 11.8 Å². The number of fused-ring (bicyclic) bond motifs is 2. The number of ether oxygens (including phenoxy) is 1. The van der Waals surface area contributed by atoms with E-state index in [9.17, 15) is 9.59 Å². The molecule has 3 unspecified atom stereocenters. The van der Waals surface area contributed by atoms with E-state index in [0.717, 1.165) is 22.0 Å². The van der Waals surface area contributed by atoms with E-state index < -0.39 is 0 Å². The fraction of sp³-hybridized carbons (Fsp3) is 0.370. The Bertz CT molecular complexity index is 1310. The van der Waals surface area contributed by atoms with Gasteiger partial charge in [-0.3, -0.25) is 14.6 Å². The minimum Gasteiger partial charge on any atom is -0.377 e. The Kier molecular flexibility index (Phi) is 6.47. The number of allylic oxidation sites excluding steroid dienone is 1. The van der Waals surface area contributed by atoms with Crippen LogP contribution >= 0.6 is 35.0 Å². The van der Waals surface area contributed by atoms with Gasteiger partial charge in [0, 0.05) is 15.7 Å². The van der Waals surface area contributed by atoms with Crippen molar-refractivity contribution in [3.63, 3.8) is 0 Å². The number of hydrogen-bond acceptors (Lipinski definition) is 6. The third-order valence-corrected chi connectivity index (χ3v) is 8.83. The molecule has 4 atom stereocenters. The molecule has 2 saturated heterocycles. The van der Waals surface area contributed by atoms with Crippen molar-refractivity contribution in [2.45, 2.75) is 38.0 Å². The first kappa shape index (κ1) is 24.8. The molecule has 6 rings (SSSR count). The number of hydrogen-bond donors (Lipinski definition) is 1. The Morgan fingerprint density at radius 3 is 2.35 bits per heavy atom. The molecule has 0 spiro atoms. The molecule has 0 aromatic heterocycles. The average molecular weight is 558 g/mol. The summed E-state index contributed by atoms with van der Waals surface area (Å²) in [7, 11) is 0. The smallest absolute Gasteiger partial charge is 0.263 e. The maximum Gasteiger partial charge on any atom is 0.263 e. The highest BCUT2D eigenvalue weighted by atomic mass is 35.5. The molecule has 4 heterocycles. The Balaban J connectivity index is 1.42. The molecule has 4 aliphatic heterocycles. The van der Waals surface area contributed by atoms with Gasteiger partial charge < -0.3 is 19.9 Å². The lowest BCUT2D eigenvalue weighted by molar-refractivity contribution is -0.138. The van der Waals surface area contributed by atoms with Crippen LogP contribution in [0.5, 0.6) is 0 Å². The molecule has 2 amide bonds. The van der Waals surface area contributed by atoms with E-state index in [-0.39, 0.29) is 48.4 Å². The molecular formula is C27H26Cl2N4O3S. The van der Waals surface area contributed by atoms with Crippen molar-refractivity contribution in [2.24, 2.45) is 10.9 Å². The second-order valence-electron chi connectivity index (χ2n) is 9.96. The summed E-state index contributed by atoms with van der Waals surface area (Å²) >= 11 is 13.8. The minimum atomic E-state index is -0.181. The number of carbonyl (C=O) groups excluding carboxylic acids is 2. The van der Waals surface area contributed by atoms with E-state index in [2.05, 4.69) is 24.1 Å². The van der Waals surface area contributed by atoms with Gasteiger partial charge in [0.25, 0.3) is 5.91 Å². The van der Waals surface area contributed by atoms with Crippen LogP contribution < -0.4 is 5.32 Å². The summed E-state index contributed by atoms with van der Waals surface area (Å²) in [5.41, 5.74) is 3.02. The maximum atomic E-state index is 14.0. The molecule has 10 heteroatoms. The maximum absolute atomic E-state index is 14.0. The summed E-state index contributed by atoms with van der Waals surface area (Å²) in [5, 5.41) is 5.07. The van der Waals surface area contributed by atoms with Crippen LogP contribution in [0.25, 0.3) is 0 Å². The first-order valence-electron chi connectivity index (χ1n) is 12.3. The van der Waals surface area contributed by atoms with Crippen LogP contribution in [0.3, 0.4) is 0 Å². The molecule has 2 fully saturated rings. The lowest BCUT2D eigenvalue weighted by Crippen LogP contribution is -2.61. The van der Waals surface area contributed by atoms with Gasteiger partial charge in [-0.25, -0.2) is 0 Å². The number of nitrogens with zero attached hydrogens (tertiary/aromatic N) is 3. The van der Waals surface area contributed by atoms with Gasteiger partial charge in [-0.2, -0.15) is 0 Å². The Morgan fingerprint density at radius 2 is 1.70 bits per heavy atom. The van der Waals surface area contributed by atoms with Gasteiger partial charge in [0.15, 0.2) is 5.17 Å². The summed E-state index contributed by atoms with van der Waals surface area (Å²) in [6.07, 6.45) is 0. The van der Waals surface area contributed by atoms with E-state index in [1.807, 2.05) is 48.5 Å². The number of aliphatic imine (C=N–C) groups is 1. The van der Waals surface area contributed by atoms with Crippen LogP contribution in [0.4, 0.5) is 0 Å². The van der Waals surface area contributed by atoms with Gasteiger partial charge in [0.2, 0.25) is 5.91 Å². The third-order valence-electron chi connectivity index (χ3n) is 7.25. The second-order valence-corrected chi connectivity index (χ2v) is 11.8. The predicted octanol–water partition coefficient (Wildman–Crippen LogP) is 4.79. The summed E-state index contributed by atoms with van der Waals surface area (Å²) in [6.45, 7) is 5.04. The fourth-order valence-corrected chi connectivity index (χ4v) is 7.11. The largest absolute Gasteiger partial charge is 0.377 e. The number of amides is 2. The van der Waals surface area contributed by atoms with Crippen molar-refractivity contribution < 1.29 is 14.3 Å². The van der Waals surface area contributed by atoms with Crippen molar-refractivity contribution in [1.82, 2.24) is 15.1 Å². The minimum absolute atomic E-state index is 0.0271. The number of thioether (sulfide) groups is 1. The van der Waals surface area contributed by atoms with Crippen LogP contribution in [-0.2, 0) is 14.3 Å². The number of amidine groups is 1. The highest BCUT2D eigenvalue weighted by Crippen LogP contribution is 2.53. The van der Waals surface area contributed by atoms with Crippen LogP contribution in [0, 0.1) is 5.92 Å². The monoisotopic (exact) mass is 556 g/mol. The van der Waals surface area contributed by atoms with Crippen molar-refractivity contribution >= 4 is 51.9 Å². The highest BCUT2D eigenvalue weighted by Gasteiger charge is 2.49. The van der Waals surface area contributed by atoms with Gasteiger partial charge in [0.1, 0.15) is 17.5 Å². The normalized spacial score (nSPS) is 26.9. The second kappa shape index (κ2) is 9.66. The molecule has 0 aliphatic carbocycles. The van der Waals surface area contributed by atoms with Crippen molar-refractivity contribution in [2.75, 3.05) is 19.8 Å². The first-order valence-corrected chi connectivity index (χ1v) is 13.9. The molecule has 1 N–H and O–H groups in total. The number of piperazine rings is 1. The molecule has 0 bridgehead atoms. The van der Waals surface area contributed by atoms with E-state index in [1.54, 1.807) is 4.90 Å². The molecule has 0 saturated carbocycles. The van der Waals surface area contributed by atoms with Gasteiger partial charge >= 0.3 is 0 Å². The Morgan fingerprint density at radius 1 is 1.05 bits per heavy atom. The molecule has 2 aromatic rings. The number of rotatable bonds is 4. The number of halogens is 2. The summed E-state index contributed by atoms with van der Waals surface area (Å²) in [5.74, 6) is -0.249. The summed E-state index contributed by atoms with van der Waals surface area (Å²) in [6, 6.07) is 14.9. The molecule has 192 valence electrons. The summed E-state index contributed by atoms with van der Waals surface area (Å²) < 4.78 is 5.60. The van der Waals surface area contributed by atoms with Crippen LogP contribution in [-0.4, -0.2) is 58.6 Å². The van der Waals surface area contributed by atoms with Crippen LogP contribution in [0.1, 0.15) is 37.1 Å². The molecule has 4 aliphatic rings. The van der Waals surface area contributed by atoms with E-state index >= 15 is 0 Å². The lowest BCUT2D eigenvalue weighted by atomic mass is 9.92. The van der Waals surface area contributed by atoms with Crippen LogP contribution in [0.15, 0.2) is 64.1 Å². The average Bonchev–Trinajstić information content (AvgIpc) is 3.57. The molecule has 7 nitrogen and oxygen atoms in total. The third kappa shape index (κ3) is 4.34. The van der Waals surface area contributed by atoms with Crippen molar-refractivity contribution in [3.05, 3.63) is 80.3 Å². The number of nitrogens with one attached hydrogen (secondary N) is 1. The standard InChI is InChI=1S/C27H26Cl2N4O3S/c1-14(2)23-25(26(35)32-11-21(34)30-19-12-36-13-20(19)32)37-27-31-22(15-3-7-17(28)8-4-15)24(33(23)27)16-5-9-18(29)10-6-16/h3-10,14,19-20,22,24H,11-13H2,1-2H3,(H,30,34)/t19?,20?,22-,24?/m0/s1. The van der Waals surface area contributed by atoms with Crippen molar-refractivity contribution in [1.29, 1.82) is 0 Å². The fourth-order valence-electron chi connectivity index (χ4n) is 5.56. The number of benzene rings is 2. The van der Waals surface area contributed by atoms with Crippen molar-refractivity contribution in [3.8, 4) is 0 Å². The Hall–Kier alpha value is -2.52. The van der Waals surface area contributed by atoms with Gasteiger partial charge in [-0.15, -0.1) is 0 Å². The SMILES string of the molecule is CC(C)C1=C(C(=O)N2CC(=O)NC3COCC32)SC2=N[C@@H](c3ccc(Cl)cc3)C(c3ccc(Cl)cc3)N21. The number of carbonyl (C=O) groups is 2. The van der Waals surface area contributed by atoms with Gasteiger partial charge in [-0.1, -0.05) is 61.3 Å². The lowest BCUT2D eigenvalue weighted by Gasteiger charge is -2.37. The zero-order valence-corrected chi connectivity index (χ0v) is 22.7. The first-order chi connectivity index (χ1) is 17.8. The zero-order chi connectivity index (χ0) is 25.8. The zero-order valence-electron chi connectivity index (χ0n) is 20.4. The van der Waals surface area contributed by atoms with Gasteiger partial charge in [-0.05, 0) is 53.1 Å². The predicted molar refractivity (Wildman–Crippen MR) is 145 cm³/mol. The topological polar surface area (TPSA) is 74.2 Å². The Labute approximate surface area is 229 Å². The molecular weight excluding hydrogens is 531 g/mol. The van der Waals surface area contributed by atoms with Gasteiger partial charge in [0.05, 0.1) is 31.3 Å². The van der Waals surface area contributed by atoms with E-state index in [0.29, 0.717) is 28.2 Å².